The van der Waals surface area contributed by atoms with E-state index in [4.69, 9.17) is 5.73 Å². The largest absolute Gasteiger partial charge is 0.399 e. The van der Waals surface area contributed by atoms with E-state index in [2.05, 4.69) is 17.1 Å². The van der Waals surface area contributed by atoms with Crippen LogP contribution >= 0.6 is 0 Å². The number of halogens is 1. The SMILES string of the molecule is CCN(CCC(=O)Nc1cc(N)ccc1F)CC1CC1. The van der Waals surface area contributed by atoms with E-state index < -0.39 is 5.82 Å². The number of rotatable bonds is 7. The number of hydrogen-bond acceptors (Lipinski definition) is 3. The first-order chi connectivity index (χ1) is 9.58. The molecule has 0 aliphatic heterocycles. The smallest absolute Gasteiger partial charge is 0.225 e. The zero-order chi connectivity index (χ0) is 14.5. The lowest BCUT2D eigenvalue weighted by atomic mass is 10.2. The Hall–Kier alpha value is -1.62. The molecule has 0 radical (unpaired) electrons. The zero-order valence-electron chi connectivity index (χ0n) is 11.9. The normalized spacial score (nSPS) is 14.6. The molecule has 1 aliphatic carbocycles. The summed E-state index contributed by atoms with van der Waals surface area (Å²) in [4.78, 5) is 14.1. The van der Waals surface area contributed by atoms with Gasteiger partial charge in [-0.25, -0.2) is 4.39 Å². The number of nitrogens with one attached hydrogen (secondary N) is 1. The highest BCUT2D eigenvalue weighted by atomic mass is 19.1. The van der Waals surface area contributed by atoms with Gasteiger partial charge < -0.3 is 16.0 Å². The first-order valence-corrected chi connectivity index (χ1v) is 7.15. The summed E-state index contributed by atoms with van der Waals surface area (Å²) in [6.45, 7) is 4.81. The van der Waals surface area contributed by atoms with E-state index in [1.807, 2.05) is 0 Å². The summed E-state index contributed by atoms with van der Waals surface area (Å²) in [5.74, 6) is 0.172. The third-order valence-corrected chi connectivity index (χ3v) is 3.58. The minimum atomic E-state index is -0.460. The second kappa shape index (κ2) is 6.70. The molecular formula is C15H22FN3O. The van der Waals surface area contributed by atoms with E-state index in [0.717, 1.165) is 19.0 Å². The molecule has 0 bridgehead atoms. The van der Waals surface area contributed by atoms with Crippen molar-refractivity contribution < 1.29 is 9.18 Å². The van der Waals surface area contributed by atoms with Crippen molar-refractivity contribution in [3.63, 3.8) is 0 Å². The van der Waals surface area contributed by atoms with Crippen LogP contribution < -0.4 is 11.1 Å². The summed E-state index contributed by atoms with van der Waals surface area (Å²) in [6, 6.07) is 4.17. The van der Waals surface area contributed by atoms with Crippen molar-refractivity contribution in [2.75, 3.05) is 30.7 Å². The van der Waals surface area contributed by atoms with Gasteiger partial charge in [-0.2, -0.15) is 0 Å². The van der Waals surface area contributed by atoms with Crippen LogP contribution in [0.1, 0.15) is 26.2 Å². The van der Waals surface area contributed by atoms with Crippen molar-refractivity contribution >= 4 is 17.3 Å². The second-order valence-electron chi connectivity index (χ2n) is 5.37. The van der Waals surface area contributed by atoms with Crippen molar-refractivity contribution in [3.8, 4) is 0 Å². The third kappa shape index (κ3) is 4.49. The van der Waals surface area contributed by atoms with Gasteiger partial charge in [-0.15, -0.1) is 0 Å². The van der Waals surface area contributed by atoms with Gasteiger partial charge in [-0.05, 0) is 43.5 Å². The zero-order valence-corrected chi connectivity index (χ0v) is 11.9. The van der Waals surface area contributed by atoms with Crippen molar-refractivity contribution in [3.05, 3.63) is 24.0 Å². The molecule has 1 amide bonds. The first kappa shape index (κ1) is 14.8. The summed E-state index contributed by atoms with van der Waals surface area (Å²) >= 11 is 0. The monoisotopic (exact) mass is 279 g/mol. The molecule has 1 aromatic carbocycles. The second-order valence-corrected chi connectivity index (χ2v) is 5.37. The summed E-state index contributed by atoms with van der Waals surface area (Å²) in [5.41, 5.74) is 6.17. The molecule has 0 saturated heterocycles. The maximum absolute atomic E-state index is 13.5. The average Bonchev–Trinajstić information content (AvgIpc) is 3.22. The first-order valence-electron chi connectivity index (χ1n) is 7.15. The maximum atomic E-state index is 13.5. The van der Waals surface area contributed by atoms with Crippen LogP contribution in [0.2, 0.25) is 0 Å². The molecule has 20 heavy (non-hydrogen) atoms. The van der Waals surface area contributed by atoms with E-state index >= 15 is 0 Å². The van der Waals surface area contributed by atoms with Gasteiger partial charge >= 0.3 is 0 Å². The number of carbonyl (C=O) groups is 1. The lowest BCUT2D eigenvalue weighted by Crippen LogP contribution is -2.29. The van der Waals surface area contributed by atoms with E-state index in [1.54, 1.807) is 0 Å². The van der Waals surface area contributed by atoms with Gasteiger partial charge in [0.15, 0.2) is 0 Å². The van der Waals surface area contributed by atoms with Gasteiger partial charge in [0.2, 0.25) is 5.91 Å². The third-order valence-electron chi connectivity index (χ3n) is 3.58. The van der Waals surface area contributed by atoms with Crippen LogP contribution in [0.5, 0.6) is 0 Å². The van der Waals surface area contributed by atoms with Crippen molar-refractivity contribution in [2.45, 2.75) is 26.2 Å². The summed E-state index contributed by atoms with van der Waals surface area (Å²) < 4.78 is 13.5. The number of carbonyl (C=O) groups excluding carboxylic acids is 1. The van der Waals surface area contributed by atoms with Gasteiger partial charge in [0.05, 0.1) is 5.69 Å². The molecule has 5 heteroatoms. The highest BCUT2D eigenvalue weighted by Gasteiger charge is 2.23. The number of amides is 1. The van der Waals surface area contributed by atoms with Crippen LogP contribution in [-0.4, -0.2) is 30.4 Å². The Bertz CT molecular complexity index is 474. The lowest BCUT2D eigenvalue weighted by Gasteiger charge is -2.19. The molecule has 1 aliphatic rings. The molecule has 2 rings (SSSR count). The molecule has 4 nitrogen and oxygen atoms in total. The number of hydrogen-bond donors (Lipinski definition) is 2. The van der Waals surface area contributed by atoms with Crippen LogP contribution in [0.3, 0.4) is 0 Å². The van der Waals surface area contributed by atoms with Gasteiger partial charge in [0.1, 0.15) is 5.82 Å². The van der Waals surface area contributed by atoms with Crippen LogP contribution in [0.25, 0.3) is 0 Å². The Balaban J connectivity index is 1.80. The fraction of sp³-hybridized carbons (Fsp3) is 0.533. The molecule has 0 spiro atoms. The van der Waals surface area contributed by atoms with Crippen LogP contribution in [-0.2, 0) is 4.79 Å². The Morgan fingerprint density at radius 3 is 2.90 bits per heavy atom. The van der Waals surface area contributed by atoms with Gasteiger partial charge in [-0.3, -0.25) is 4.79 Å². The molecule has 1 aromatic rings. The molecule has 0 aromatic heterocycles. The van der Waals surface area contributed by atoms with E-state index in [1.165, 1.54) is 31.0 Å². The predicted molar refractivity (Wildman–Crippen MR) is 78.9 cm³/mol. The van der Waals surface area contributed by atoms with E-state index in [0.29, 0.717) is 18.7 Å². The molecule has 0 unspecified atom stereocenters. The van der Waals surface area contributed by atoms with Crippen molar-refractivity contribution in [2.24, 2.45) is 5.92 Å². The average molecular weight is 279 g/mol. The summed E-state index contributed by atoms with van der Waals surface area (Å²) in [6.07, 6.45) is 2.98. The van der Waals surface area contributed by atoms with Crippen molar-refractivity contribution in [1.29, 1.82) is 0 Å². The Morgan fingerprint density at radius 1 is 1.50 bits per heavy atom. The minimum absolute atomic E-state index is 0.153. The summed E-state index contributed by atoms with van der Waals surface area (Å²) in [5, 5.41) is 2.58. The maximum Gasteiger partial charge on any atom is 0.225 e. The van der Waals surface area contributed by atoms with Crippen LogP contribution in [0.4, 0.5) is 15.8 Å². The molecule has 0 heterocycles. The van der Waals surface area contributed by atoms with Crippen molar-refractivity contribution in [1.82, 2.24) is 4.90 Å². The van der Waals surface area contributed by atoms with Crippen LogP contribution in [0, 0.1) is 11.7 Å². The standard InChI is InChI=1S/C15H22FN3O/c1-2-19(10-11-3-4-11)8-7-15(20)18-14-9-12(17)5-6-13(14)16/h5-6,9,11H,2-4,7-8,10,17H2,1H3,(H,18,20). The number of nitrogen functional groups attached to an aromatic ring is 1. The topological polar surface area (TPSA) is 58.4 Å². The van der Waals surface area contributed by atoms with Crippen LogP contribution in [0.15, 0.2) is 18.2 Å². The van der Waals surface area contributed by atoms with Gasteiger partial charge in [0.25, 0.3) is 0 Å². The molecular weight excluding hydrogens is 257 g/mol. The minimum Gasteiger partial charge on any atom is -0.399 e. The van der Waals surface area contributed by atoms with E-state index in [-0.39, 0.29) is 11.6 Å². The highest BCUT2D eigenvalue weighted by Crippen LogP contribution is 2.29. The number of nitrogens with two attached hydrogens (primary N) is 1. The molecule has 1 fully saturated rings. The Morgan fingerprint density at radius 2 is 2.25 bits per heavy atom. The fourth-order valence-corrected chi connectivity index (χ4v) is 2.16. The highest BCUT2D eigenvalue weighted by molar-refractivity contribution is 5.91. The van der Waals surface area contributed by atoms with Gasteiger partial charge in [0, 0.05) is 25.2 Å². The van der Waals surface area contributed by atoms with E-state index in [9.17, 15) is 9.18 Å². The Labute approximate surface area is 119 Å². The quantitative estimate of drug-likeness (QED) is 0.754. The number of benzene rings is 1. The molecule has 0 atom stereocenters. The van der Waals surface area contributed by atoms with Gasteiger partial charge in [-0.1, -0.05) is 6.92 Å². The molecule has 3 N–H and O–H groups in total. The number of nitrogens with zero attached hydrogens (tertiary/aromatic N) is 1. The lowest BCUT2D eigenvalue weighted by molar-refractivity contribution is -0.116. The molecule has 110 valence electrons. The summed E-state index contributed by atoms with van der Waals surface area (Å²) in [7, 11) is 0. The Kier molecular flexibility index (Phi) is 4.95. The fourth-order valence-electron chi connectivity index (χ4n) is 2.16. The predicted octanol–water partition coefficient (Wildman–Crippen LogP) is 2.47. The number of anilines is 2. The molecule has 1 saturated carbocycles.